The Morgan fingerprint density at radius 1 is 0.613 bits per heavy atom. The zero-order chi connectivity index (χ0) is 21.3. The molecule has 0 saturated heterocycles. The van der Waals surface area contributed by atoms with Crippen molar-refractivity contribution < 1.29 is 0 Å². The lowest BCUT2D eigenvalue weighted by molar-refractivity contribution is 0.728. The lowest BCUT2D eigenvalue weighted by Gasteiger charge is -2.18. The standard InChI is InChI=1S/C18H15P.C11H20.BrH/c1-4-10-16(11-5-1)19(17-12-6-2-7-13-17)18-14-8-3-9-15-18;1-3-5-7-9-11-10-8-6-4-2;/h1-15H;3,5,9,11H,4,6-8,10H2,1-2H3;1H/b;5-3-,11-9-;. The van der Waals surface area contributed by atoms with Crippen LogP contribution in [0.2, 0.25) is 0 Å². The highest BCUT2D eigenvalue weighted by atomic mass is 79.9. The highest BCUT2D eigenvalue weighted by Gasteiger charge is 2.14. The third-order valence-corrected chi connectivity index (χ3v) is 7.14. The van der Waals surface area contributed by atoms with Crippen molar-refractivity contribution in [2.24, 2.45) is 0 Å². The van der Waals surface area contributed by atoms with Crippen LogP contribution in [0.1, 0.15) is 46.0 Å². The molecule has 0 aliphatic rings. The minimum Gasteiger partial charge on any atom is -0.114 e. The Kier molecular flexibility index (Phi) is 15.5. The number of rotatable bonds is 9. The average Bonchev–Trinajstić information content (AvgIpc) is 2.81. The molecule has 0 atom stereocenters. The zero-order valence-electron chi connectivity index (χ0n) is 18.9. The Labute approximate surface area is 201 Å². The van der Waals surface area contributed by atoms with Gasteiger partial charge in [-0.2, -0.15) is 0 Å². The first-order chi connectivity index (χ1) is 14.9. The molecule has 3 aromatic rings. The third-order valence-electron chi connectivity index (χ3n) is 4.69. The molecule has 31 heavy (non-hydrogen) atoms. The summed E-state index contributed by atoms with van der Waals surface area (Å²) in [5.41, 5.74) is 0. The van der Waals surface area contributed by atoms with E-state index in [2.05, 4.69) is 129 Å². The molecule has 0 bridgehead atoms. The van der Waals surface area contributed by atoms with Gasteiger partial charge in [-0.15, -0.1) is 17.0 Å². The summed E-state index contributed by atoms with van der Waals surface area (Å²) >= 11 is 0. The maximum absolute atomic E-state index is 2.29. The summed E-state index contributed by atoms with van der Waals surface area (Å²) in [6, 6.07) is 32.3. The average molecular weight is 495 g/mol. The Balaban J connectivity index is 0.000000349. The fourth-order valence-electron chi connectivity index (χ4n) is 3.12. The fourth-order valence-corrected chi connectivity index (χ4v) is 5.42. The monoisotopic (exact) mass is 494 g/mol. The summed E-state index contributed by atoms with van der Waals surface area (Å²) in [4.78, 5) is 0. The van der Waals surface area contributed by atoms with Gasteiger partial charge in [-0.05, 0) is 50.0 Å². The number of hydrogen-bond acceptors (Lipinski definition) is 0. The molecular weight excluding hydrogens is 459 g/mol. The van der Waals surface area contributed by atoms with Crippen LogP contribution in [0.15, 0.2) is 115 Å². The van der Waals surface area contributed by atoms with Gasteiger partial charge in [0.2, 0.25) is 0 Å². The summed E-state index contributed by atoms with van der Waals surface area (Å²) in [5.74, 6) is 0. The van der Waals surface area contributed by atoms with Gasteiger partial charge in [-0.3, -0.25) is 0 Å². The maximum atomic E-state index is 2.29. The summed E-state index contributed by atoms with van der Waals surface area (Å²) in [7, 11) is -0.446. The first-order valence-corrected chi connectivity index (χ1v) is 12.4. The number of hydrogen-bond donors (Lipinski definition) is 0. The quantitative estimate of drug-likeness (QED) is 0.160. The van der Waals surface area contributed by atoms with E-state index in [1.54, 1.807) is 0 Å². The lowest BCUT2D eigenvalue weighted by Crippen LogP contribution is -2.20. The number of benzene rings is 3. The molecule has 0 fully saturated rings. The molecule has 0 unspecified atom stereocenters. The largest absolute Gasteiger partial charge is 0.114 e. The Morgan fingerprint density at radius 2 is 1.06 bits per heavy atom. The van der Waals surface area contributed by atoms with E-state index in [0.29, 0.717) is 0 Å². The molecule has 0 saturated carbocycles. The summed E-state index contributed by atoms with van der Waals surface area (Å²) in [6.45, 7) is 4.30. The van der Waals surface area contributed by atoms with Gasteiger partial charge in [0.15, 0.2) is 0 Å². The van der Waals surface area contributed by atoms with Crippen LogP contribution < -0.4 is 15.9 Å². The van der Waals surface area contributed by atoms with E-state index >= 15 is 0 Å². The SMILES string of the molecule is Br.C/C=C\C/C=C\CCCCC.c1ccc(P(c2ccccc2)c2ccccc2)cc1. The summed E-state index contributed by atoms with van der Waals surface area (Å²) in [6.07, 6.45) is 15.2. The lowest BCUT2D eigenvalue weighted by atomic mass is 10.2. The molecule has 0 amide bonds. The fraction of sp³-hybridized carbons (Fsp3) is 0.241. The molecule has 0 spiro atoms. The van der Waals surface area contributed by atoms with E-state index in [9.17, 15) is 0 Å². The third kappa shape index (κ3) is 10.8. The molecule has 2 heteroatoms. The number of allylic oxidation sites excluding steroid dienone is 4. The van der Waals surface area contributed by atoms with Crippen molar-refractivity contribution in [1.29, 1.82) is 0 Å². The van der Waals surface area contributed by atoms with Crippen molar-refractivity contribution in [3.63, 3.8) is 0 Å². The Bertz CT molecular complexity index is 748. The maximum Gasteiger partial charge on any atom is -0.0134 e. The molecule has 3 aromatic carbocycles. The molecule has 0 N–H and O–H groups in total. The predicted molar refractivity (Wildman–Crippen MR) is 148 cm³/mol. The minimum absolute atomic E-state index is 0. The van der Waals surface area contributed by atoms with Crippen molar-refractivity contribution in [1.82, 2.24) is 0 Å². The molecule has 3 rings (SSSR count). The zero-order valence-corrected chi connectivity index (χ0v) is 21.5. The van der Waals surface area contributed by atoms with Crippen LogP contribution in [0.4, 0.5) is 0 Å². The van der Waals surface area contributed by atoms with Crippen LogP contribution in [0.3, 0.4) is 0 Å². The number of unbranched alkanes of at least 4 members (excludes halogenated alkanes) is 3. The highest BCUT2D eigenvalue weighted by Crippen LogP contribution is 2.32. The molecule has 0 aliphatic heterocycles. The van der Waals surface area contributed by atoms with E-state index in [1.807, 2.05) is 0 Å². The van der Waals surface area contributed by atoms with Gasteiger partial charge in [0.05, 0.1) is 0 Å². The van der Waals surface area contributed by atoms with Crippen molar-refractivity contribution in [3.8, 4) is 0 Å². The second-order valence-corrected chi connectivity index (χ2v) is 9.33. The predicted octanol–water partition coefficient (Wildman–Crippen LogP) is 8.11. The van der Waals surface area contributed by atoms with Gasteiger partial charge in [0, 0.05) is 0 Å². The second-order valence-electron chi connectivity index (χ2n) is 7.11. The van der Waals surface area contributed by atoms with Crippen molar-refractivity contribution >= 4 is 40.8 Å². The van der Waals surface area contributed by atoms with Gasteiger partial charge in [-0.25, -0.2) is 0 Å². The van der Waals surface area contributed by atoms with E-state index in [0.717, 1.165) is 6.42 Å². The van der Waals surface area contributed by atoms with Crippen LogP contribution in [0.5, 0.6) is 0 Å². The van der Waals surface area contributed by atoms with Crippen LogP contribution in [0.25, 0.3) is 0 Å². The van der Waals surface area contributed by atoms with Crippen LogP contribution in [-0.2, 0) is 0 Å². The molecule has 0 nitrogen and oxygen atoms in total. The van der Waals surface area contributed by atoms with Crippen molar-refractivity contribution in [2.45, 2.75) is 46.0 Å². The Hall–Kier alpha value is -1.95. The first kappa shape index (κ1) is 27.1. The van der Waals surface area contributed by atoms with Gasteiger partial charge in [0.1, 0.15) is 0 Å². The molecule has 0 aromatic heterocycles. The van der Waals surface area contributed by atoms with Gasteiger partial charge in [-0.1, -0.05) is 135 Å². The Morgan fingerprint density at radius 3 is 1.45 bits per heavy atom. The van der Waals surface area contributed by atoms with Crippen LogP contribution >= 0.6 is 24.9 Å². The topological polar surface area (TPSA) is 0 Å². The van der Waals surface area contributed by atoms with E-state index < -0.39 is 7.92 Å². The summed E-state index contributed by atoms with van der Waals surface area (Å²) in [5, 5.41) is 4.19. The van der Waals surface area contributed by atoms with E-state index in [1.165, 1.54) is 41.6 Å². The van der Waals surface area contributed by atoms with E-state index in [-0.39, 0.29) is 17.0 Å². The normalized spacial score (nSPS) is 10.7. The molecule has 0 heterocycles. The molecule has 0 radical (unpaired) electrons. The number of halogens is 1. The molecule has 164 valence electrons. The first-order valence-electron chi connectivity index (χ1n) is 11.1. The minimum atomic E-state index is -0.446. The second kappa shape index (κ2) is 17.7. The van der Waals surface area contributed by atoms with Gasteiger partial charge >= 0.3 is 0 Å². The van der Waals surface area contributed by atoms with Gasteiger partial charge in [0.25, 0.3) is 0 Å². The highest BCUT2D eigenvalue weighted by molar-refractivity contribution is 8.93. The van der Waals surface area contributed by atoms with Crippen LogP contribution in [-0.4, -0.2) is 0 Å². The molecular formula is C29H36BrP. The molecule has 0 aliphatic carbocycles. The van der Waals surface area contributed by atoms with E-state index in [4.69, 9.17) is 0 Å². The van der Waals surface area contributed by atoms with Gasteiger partial charge < -0.3 is 0 Å². The van der Waals surface area contributed by atoms with Crippen LogP contribution in [0, 0.1) is 0 Å². The summed E-state index contributed by atoms with van der Waals surface area (Å²) < 4.78 is 0. The van der Waals surface area contributed by atoms with Crippen molar-refractivity contribution in [3.05, 3.63) is 115 Å². The smallest absolute Gasteiger partial charge is 0.0134 e. The van der Waals surface area contributed by atoms with Crippen molar-refractivity contribution in [2.75, 3.05) is 0 Å².